The number of aromatic nitrogens is 3. The fraction of sp³-hybridized carbons (Fsp3) is 0.294. The molecule has 0 unspecified atom stereocenters. The number of nitrogens with zero attached hydrogens (tertiary/aromatic N) is 3. The van der Waals surface area contributed by atoms with Gasteiger partial charge in [-0.3, -0.25) is 4.68 Å². The molecule has 0 fully saturated rings. The van der Waals surface area contributed by atoms with E-state index in [4.69, 9.17) is 20.8 Å². The van der Waals surface area contributed by atoms with E-state index in [0.717, 1.165) is 5.56 Å². The molecule has 3 aromatic rings. The average Bonchev–Trinajstić information content (AvgIpc) is 3.15. The number of rotatable bonds is 6. The first-order valence-corrected chi connectivity index (χ1v) is 7.98. The number of aliphatic hydroxyl groups excluding tert-OH is 1. The van der Waals surface area contributed by atoms with Gasteiger partial charge in [0.1, 0.15) is 5.69 Å². The molecule has 0 aliphatic carbocycles. The monoisotopic (exact) mass is 347 g/mol. The topological polar surface area (TPSA) is 73.3 Å². The molecule has 0 radical (unpaired) electrons. The molecule has 126 valence electrons. The van der Waals surface area contributed by atoms with E-state index >= 15 is 0 Å². The summed E-state index contributed by atoms with van der Waals surface area (Å²) < 4.78 is 12.8. The van der Waals surface area contributed by atoms with Crippen molar-refractivity contribution in [3.05, 3.63) is 52.8 Å². The van der Waals surface area contributed by atoms with Gasteiger partial charge in [-0.2, -0.15) is 10.1 Å². The normalized spacial score (nSPS) is 11.2. The van der Waals surface area contributed by atoms with Gasteiger partial charge in [0.25, 0.3) is 0 Å². The zero-order valence-electron chi connectivity index (χ0n) is 13.4. The van der Waals surface area contributed by atoms with Crippen LogP contribution >= 0.6 is 11.6 Å². The maximum atomic E-state index is 9.39. The molecule has 1 N–H and O–H groups in total. The van der Waals surface area contributed by atoms with Gasteiger partial charge in [0.2, 0.25) is 0 Å². The summed E-state index contributed by atoms with van der Waals surface area (Å²) in [6, 6.07) is 9.31. The molecule has 24 heavy (non-hydrogen) atoms. The number of hydrogen-bond donors (Lipinski definition) is 1. The highest BCUT2D eigenvalue weighted by Gasteiger charge is 2.16. The second-order valence-corrected chi connectivity index (χ2v) is 5.99. The predicted molar refractivity (Wildman–Crippen MR) is 90.0 cm³/mol. The Hall–Kier alpha value is -2.31. The highest BCUT2D eigenvalue weighted by molar-refractivity contribution is 6.31. The first-order valence-electron chi connectivity index (χ1n) is 7.60. The molecule has 7 heteroatoms. The SMILES string of the molecule is CC(C)Oc1ncc(-c2cc(CO)nn2Cc2ccccc2Cl)o1. The third kappa shape index (κ3) is 3.60. The van der Waals surface area contributed by atoms with Gasteiger partial charge in [-0.1, -0.05) is 29.8 Å². The number of aliphatic hydroxyl groups is 1. The summed E-state index contributed by atoms with van der Waals surface area (Å²) >= 11 is 6.23. The smallest absolute Gasteiger partial charge is 0.394 e. The molecular formula is C17H18ClN3O3. The zero-order valence-corrected chi connectivity index (χ0v) is 14.2. The fourth-order valence-corrected chi connectivity index (χ4v) is 2.48. The van der Waals surface area contributed by atoms with Crippen LogP contribution < -0.4 is 4.74 Å². The van der Waals surface area contributed by atoms with Crippen molar-refractivity contribution in [1.29, 1.82) is 0 Å². The lowest BCUT2D eigenvalue weighted by molar-refractivity contribution is 0.177. The number of halogens is 1. The third-order valence-electron chi connectivity index (χ3n) is 3.34. The minimum Gasteiger partial charge on any atom is -0.447 e. The van der Waals surface area contributed by atoms with Gasteiger partial charge in [-0.25, -0.2) is 0 Å². The molecular weight excluding hydrogens is 330 g/mol. The molecule has 0 amide bonds. The van der Waals surface area contributed by atoms with Crippen LogP contribution in [0.4, 0.5) is 0 Å². The van der Waals surface area contributed by atoms with E-state index in [2.05, 4.69) is 10.1 Å². The Kier molecular flexibility index (Phi) is 4.87. The largest absolute Gasteiger partial charge is 0.447 e. The minimum absolute atomic E-state index is 0.0301. The zero-order chi connectivity index (χ0) is 17.1. The van der Waals surface area contributed by atoms with Crippen molar-refractivity contribution < 1.29 is 14.3 Å². The second-order valence-electron chi connectivity index (χ2n) is 5.59. The Morgan fingerprint density at radius 2 is 2.12 bits per heavy atom. The lowest BCUT2D eigenvalue weighted by Gasteiger charge is -2.07. The molecule has 0 bridgehead atoms. The molecule has 0 aliphatic heterocycles. The van der Waals surface area contributed by atoms with Crippen LogP contribution in [0.1, 0.15) is 25.1 Å². The molecule has 0 saturated carbocycles. The van der Waals surface area contributed by atoms with Crippen molar-refractivity contribution in [2.24, 2.45) is 0 Å². The van der Waals surface area contributed by atoms with Crippen LogP contribution in [-0.4, -0.2) is 26.0 Å². The van der Waals surface area contributed by atoms with Gasteiger partial charge in [-0.15, -0.1) is 0 Å². The van der Waals surface area contributed by atoms with Crippen LogP contribution in [0.25, 0.3) is 11.5 Å². The van der Waals surface area contributed by atoms with Gasteiger partial charge >= 0.3 is 6.08 Å². The van der Waals surface area contributed by atoms with E-state index in [9.17, 15) is 5.11 Å². The minimum atomic E-state index is -0.161. The van der Waals surface area contributed by atoms with Crippen LogP contribution in [0.3, 0.4) is 0 Å². The summed E-state index contributed by atoms with van der Waals surface area (Å²) in [6.45, 7) is 4.09. The number of hydrogen-bond acceptors (Lipinski definition) is 5. The molecule has 2 aromatic heterocycles. The Morgan fingerprint density at radius 1 is 1.33 bits per heavy atom. The Balaban J connectivity index is 1.94. The lowest BCUT2D eigenvalue weighted by Crippen LogP contribution is -2.05. The summed E-state index contributed by atoms with van der Waals surface area (Å²) in [6.07, 6.45) is 1.76. The highest BCUT2D eigenvalue weighted by atomic mass is 35.5. The Morgan fingerprint density at radius 3 is 2.83 bits per heavy atom. The fourth-order valence-electron chi connectivity index (χ4n) is 2.29. The first-order chi connectivity index (χ1) is 11.6. The van der Waals surface area contributed by atoms with E-state index in [1.165, 1.54) is 0 Å². The molecule has 1 aromatic carbocycles. The Bertz CT molecular complexity index is 826. The van der Waals surface area contributed by atoms with Crippen molar-refractivity contribution in [3.8, 4) is 17.5 Å². The summed E-state index contributed by atoms with van der Waals surface area (Å²) in [4.78, 5) is 4.11. The van der Waals surface area contributed by atoms with Gasteiger partial charge in [0, 0.05) is 5.02 Å². The predicted octanol–water partition coefficient (Wildman–Crippen LogP) is 3.52. The maximum Gasteiger partial charge on any atom is 0.394 e. The second kappa shape index (κ2) is 7.07. The van der Waals surface area contributed by atoms with E-state index in [1.807, 2.05) is 38.1 Å². The Labute approximate surface area is 144 Å². The number of oxazole rings is 1. The molecule has 2 heterocycles. The van der Waals surface area contributed by atoms with Crippen LogP contribution in [0, 0.1) is 0 Å². The first kappa shape index (κ1) is 16.5. The van der Waals surface area contributed by atoms with E-state index in [-0.39, 0.29) is 18.8 Å². The summed E-state index contributed by atoms with van der Waals surface area (Å²) in [5, 5.41) is 14.4. The van der Waals surface area contributed by atoms with E-state index < -0.39 is 0 Å². The standard InChI is InChI=1S/C17H18ClN3O3/c1-11(2)23-17-19-8-16(24-17)15-7-13(10-22)20-21(15)9-12-5-3-4-6-14(12)18/h3-8,11,22H,9-10H2,1-2H3. The van der Waals surface area contributed by atoms with Crippen molar-refractivity contribution in [1.82, 2.24) is 14.8 Å². The molecule has 0 spiro atoms. The van der Waals surface area contributed by atoms with Crippen LogP contribution in [0.2, 0.25) is 5.02 Å². The van der Waals surface area contributed by atoms with Crippen molar-refractivity contribution in [2.75, 3.05) is 0 Å². The quantitative estimate of drug-likeness (QED) is 0.738. The number of ether oxygens (including phenoxy) is 1. The number of benzene rings is 1. The molecule has 0 atom stereocenters. The van der Waals surface area contributed by atoms with Gasteiger partial charge in [0.05, 0.1) is 31.1 Å². The molecule has 0 aliphatic rings. The maximum absolute atomic E-state index is 9.39. The third-order valence-corrected chi connectivity index (χ3v) is 3.71. The van der Waals surface area contributed by atoms with Gasteiger partial charge in [0.15, 0.2) is 5.76 Å². The van der Waals surface area contributed by atoms with E-state index in [0.29, 0.717) is 28.7 Å². The van der Waals surface area contributed by atoms with Crippen LogP contribution in [0.5, 0.6) is 6.08 Å². The molecule has 0 saturated heterocycles. The van der Waals surface area contributed by atoms with Crippen molar-refractivity contribution in [2.45, 2.75) is 33.1 Å². The van der Waals surface area contributed by atoms with E-state index in [1.54, 1.807) is 16.9 Å². The average molecular weight is 348 g/mol. The van der Waals surface area contributed by atoms with Gasteiger partial charge in [-0.05, 0) is 31.5 Å². The van der Waals surface area contributed by atoms with Crippen molar-refractivity contribution in [3.63, 3.8) is 0 Å². The highest BCUT2D eigenvalue weighted by Crippen LogP contribution is 2.27. The summed E-state index contributed by atoms with van der Waals surface area (Å²) in [5.74, 6) is 0.518. The van der Waals surface area contributed by atoms with Crippen molar-refractivity contribution >= 4 is 11.6 Å². The van der Waals surface area contributed by atoms with Crippen LogP contribution in [-0.2, 0) is 13.2 Å². The molecule has 3 rings (SSSR count). The summed E-state index contributed by atoms with van der Waals surface area (Å²) in [5.41, 5.74) is 2.16. The lowest BCUT2D eigenvalue weighted by atomic mass is 10.2. The van der Waals surface area contributed by atoms with Crippen LogP contribution in [0.15, 0.2) is 40.9 Å². The van der Waals surface area contributed by atoms with Gasteiger partial charge < -0.3 is 14.3 Å². The summed E-state index contributed by atoms with van der Waals surface area (Å²) in [7, 11) is 0. The molecule has 6 nitrogen and oxygen atoms in total.